The standard InChI is InChI=1S/C10H13BrClN/c1-3-6-13(2)8-4-5-9(11)10(12)7-8/h4-5,7H,3,6H2,1-2H3. The van der Waals surface area contributed by atoms with E-state index in [-0.39, 0.29) is 0 Å². The molecule has 0 unspecified atom stereocenters. The number of hydrogen-bond acceptors (Lipinski definition) is 1. The van der Waals surface area contributed by atoms with E-state index < -0.39 is 0 Å². The Morgan fingerprint density at radius 3 is 2.69 bits per heavy atom. The Labute approximate surface area is 92.8 Å². The van der Waals surface area contributed by atoms with Crippen molar-refractivity contribution in [2.24, 2.45) is 0 Å². The molecule has 0 aliphatic heterocycles. The van der Waals surface area contributed by atoms with E-state index in [0.29, 0.717) is 0 Å². The lowest BCUT2D eigenvalue weighted by Crippen LogP contribution is -2.17. The van der Waals surface area contributed by atoms with Gasteiger partial charge in [0, 0.05) is 23.8 Å². The molecule has 72 valence electrons. The fourth-order valence-electron chi connectivity index (χ4n) is 1.19. The Morgan fingerprint density at radius 1 is 1.46 bits per heavy atom. The summed E-state index contributed by atoms with van der Waals surface area (Å²) in [5.74, 6) is 0. The summed E-state index contributed by atoms with van der Waals surface area (Å²) in [7, 11) is 2.07. The largest absolute Gasteiger partial charge is 0.375 e. The van der Waals surface area contributed by atoms with Crippen LogP contribution >= 0.6 is 27.5 Å². The average molecular weight is 263 g/mol. The van der Waals surface area contributed by atoms with Crippen molar-refractivity contribution in [1.82, 2.24) is 0 Å². The molecule has 0 aliphatic carbocycles. The lowest BCUT2D eigenvalue weighted by Gasteiger charge is -2.18. The second-order valence-electron chi connectivity index (χ2n) is 3.02. The highest BCUT2D eigenvalue weighted by Gasteiger charge is 2.02. The molecule has 13 heavy (non-hydrogen) atoms. The van der Waals surface area contributed by atoms with Crippen molar-refractivity contribution in [3.63, 3.8) is 0 Å². The molecule has 1 rings (SSSR count). The molecule has 0 aliphatic rings. The van der Waals surface area contributed by atoms with Crippen LogP contribution in [-0.4, -0.2) is 13.6 Å². The van der Waals surface area contributed by atoms with Crippen molar-refractivity contribution < 1.29 is 0 Å². The minimum atomic E-state index is 0.764. The molecule has 0 saturated carbocycles. The number of anilines is 1. The zero-order valence-electron chi connectivity index (χ0n) is 7.85. The minimum Gasteiger partial charge on any atom is -0.375 e. The molecule has 0 amide bonds. The first-order chi connectivity index (χ1) is 6.15. The molecule has 0 radical (unpaired) electrons. The van der Waals surface area contributed by atoms with Crippen molar-refractivity contribution in [3.8, 4) is 0 Å². The number of halogens is 2. The maximum Gasteiger partial charge on any atom is 0.0568 e. The molecular formula is C10H13BrClN. The smallest absolute Gasteiger partial charge is 0.0568 e. The van der Waals surface area contributed by atoms with Gasteiger partial charge in [-0.05, 0) is 40.5 Å². The van der Waals surface area contributed by atoms with Crippen molar-refractivity contribution in [1.29, 1.82) is 0 Å². The molecule has 0 heterocycles. The van der Waals surface area contributed by atoms with Crippen molar-refractivity contribution in [3.05, 3.63) is 27.7 Å². The van der Waals surface area contributed by atoms with Crippen LogP contribution in [0, 0.1) is 0 Å². The second-order valence-corrected chi connectivity index (χ2v) is 4.28. The Balaban J connectivity index is 2.84. The maximum atomic E-state index is 5.98. The second kappa shape index (κ2) is 4.87. The van der Waals surface area contributed by atoms with E-state index in [4.69, 9.17) is 11.6 Å². The first-order valence-electron chi connectivity index (χ1n) is 4.31. The van der Waals surface area contributed by atoms with E-state index in [1.54, 1.807) is 0 Å². The van der Waals surface area contributed by atoms with E-state index in [9.17, 15) is 0 Å². The molecule has 0 saturated heterocycles. The summed E-state index contributed by atoms with van der Waals surface area (Å²) in [6.07, 6.45) is 1.14. The summed E-state index contributed by atoms with van der Waals surface area (Å²) in [5.41, 5.74) is 1.16. The molecule has 0 atom stereocenters. The fourth-order valence-corrected chi connectivity index (χ4v) is 1.61. The summed E-state index contributed by atoms with van der Waals surface area (Å²) < 4.78 is 0.947. The average Bonchev–Trinajstić information content (AvgIpc) is 2.10. The molecule has 1 aromatic rings. The molecule has 0 aromatic heterocycles. The number of rotatable bonds is 3. The van der Waals surface area contributed by atoms with Crippen LogP contribution in [0.5, 0.6) is 0 Å². The van der Waals surface area contributed by atoms with Gasteiger partial charge in [0.15, 0.2) is 0 Å². The summed E-state index contributed by atoms with van der Waals surface area (Å²) in [4.78, 5) is 2.19. The molecule has 3 heteroatoms. The van der Waals surface area contributed by atoms with Crippen molar-refractivity contribution >= 4 is 33.2 Å². The topological polar surface area (TPSA) is 3.24 Å². The van der Waals surface area contributed by atoms with Gasteiger partial charge in [-0.2, -0.15) is 0 Å². The zero-order chi connectivity index (χ0) is 9.84. The van der Waals surface area contributed by atoms with Gasteiger partial charge in [0.25, 0.3) is 0 Å². The third kappa shape index (κ3) is 2.89. The molecule has 0 N–H and O–H groups in total. The van der Waals surface area contributed by atoms with E-state index in [1.807, 2.05) is 12.1 Å². The highest BCUT2D eigenvalue weighted by atomic mass is 79.9. The lowest BCUT2D eigenvalue weighted by molar-refractivity contribution is 0.852. The Hall–Kier alpha value is -0.210. The van der Waals surface area contributed by atoms with Crippen LogP contribution in [0.3, 0.4) is 0 Å². The molecule has 0 spiro atoms. The van der Waals surface area contributed by atoms with Gasteiger partial charge in [0.2, 0.25) is 0 Å². The molecule has 0 bridgehead atoms. The molecule has 0 fully saturated rings. The third-order valence-corrected chi connectivity index (χ3v) is 3.14. The van der Waals surface area contributed by atoms with Crippen molar-refractivity contribution in [2.45, 2.75) is 13.3 Å². The van der Waals surface area contributed by atoms with Gasteiger partial charge in [0.1, 0.15) is 0 Å². The van der Waals surface area contributed by atoms with Gasteiger partial charge in [0.05, 0.1) is 5.02 Å². The van der Waals surface area contributed by atoms with Gasteiger partial charge in [-0.15, -0.1) is 0 Å². The number of nitrogens with zero attached hydrogens (tertiary/aromatic N) is 1. The normalized spacial score (nSPS) is 10.2. The first kappa shape index (κ1) is 10.9. The first-order valence-corrected chi connectivity index (χ1v) is 5.48. The van der Waals surface area contributed by atoms with Crippen LogP contribution < -0.4 is 4.90 Å². The molecule has 1 aromatic carbocycles. The van der Waals surface area contributed by atoms with Crippen molar-refractivity contribution in [2.75, 3.05) is 18.5 Å². The number of hydrogen-bond donors (Lipinski definition) is 0. The number of benzene rings is 1. The molecular weight excluding hydrogens is 249 g/mol. The van der Waals surface area contributed by atoms with Crippen LogP contribution in [0.2, 0.25) is 5.02 Å². The predicted molar refractivity (Wildman–Crippen MR) is 62.7 cm³/mol. The monoisotopic (exact) mass is 261 g/mol. The highest BCUT2D eigenvalue weighted by molar-refractivity contribution is 9.10. The Bertz CT molecular complexity index is 288. The van der Waals surface area contributed by atoms with E-state index in [2.05, 4.69) is 40.9 Å². The van der Waals surface area contributed by atoms with Gasteiger partial charge in [-0.1, -0.05) is 18.5 Å². The lowest BCUT2D eigenvalue weighted by atomic mass is 10.3. The van der Waals surface area contributed by atoms with Crippen LogP contribution in [0.25, 0.3) is 0 Å². The van der Waals surface area contributed by atoms with E-state index in [1.165, 1.54) is 0 Å². The Morgan fingerprint density at radius 2 is 2.15 bits per heavy atom. The van der Waals surface area contributed by atoms with Crippen LogP contribution in [0.4, 0.5) is 5.69 Å². The van der Waals surface area contributed by atoms with Gasteiger partial charge in [-0.25, -0.2) is 0 Å². The van der Waals surface area contributed by atoms with Gasteiger partial charge in [-0.3, -0.25) is 0 Å². The molecule has 1 nitrogen and oxygen atoms in total. The summed E-state index contributed by atoms with van der Waals surface area (Å²) in [6, 6.07) is 6.01. The fraction of sp³-hybridized carbons (Fsp3) is 0.400. The van der Waals surface area contributed by atoms with Crippen LogP contribution in [0.15, 0.2) is 22.7 Å². The zero-order valence-corrected chi connectivity index (χ0v) is 10.2. The summed E-state index contributed by atoms with van der Waals surface area (Å²) in [5, 5.41) is 0.764. The summed E-state index contributed by atoms with van der Waals surface area (Å²) in [6.45, 7) is 3.22. The highest BCUT2D eigenvalue weighted by Crippen LogP contribution is 2.26. The van der Waals surface area contributed by atoms with Gasteiger partial charge >= 0.3 is 0 Å². The Kier molecular flexibility index (Phi) is 4.07. The van der Waals surface area contributed by atoms with Crippen LogP contribution in [0.1, 0.15) is 13.3 Å². The maximum absolute atomic E-state index is 5.98. The minimum absolute atomic E-state index is 0.764. The van der Waals surface area contributed by atoms with Crippen LogP contribution in [-0.2, 0) is 0 Å². The van der Waals surface area contributed by atoms with Gasteiger partial charge < -0.3 is 4.90 Å². The summed E-state index contributed by atoms with van der Waals surface area (Å²) >= 11 is 9.35. The van der Waals surface area contributed by atoms with E-state index >= 15 is 0 Å². The quantitative estimate of drug-likeness (QED) is 0.797. The van der Waals surface area contributed by atoms with E-state index in [0.717, 1.165) is 28.1 Å². The predicted octanol–water partition coefficient (Wildman–Crippen LogP) is 3.95. The SMILES string of the molecule is CCCN(C)c1ccc(Br)c(Cl)c1. The third-order valence-electron chi connectivity index (χ3n) is 1.90.